The lowest BCUT2D eigenvalue weighted by Crippen LogP contribution is -2.67. The van der Waals surface area contributed by atoms with Crippen LogP contribution in [0.1, 0.15) is 86.0 Å². The Hall–Kier alpha value is -4.81. The predicted octanol–water partition coefficient (Wildman–Crippen LogP) is 5.42. The number of fused-ring (bicyclic) bond motifs is 5. The Morgan fingerprint density at radius 2 is 1.87 bits per heavy atom. The number of hydrogen-bond acceptors (Lipinski definition) is 10. The first-order chi connectivity index (χ1) is 29.1. The van der Waals surface area contributed by atoms with Crippen LogP contribution in [0.15, 0.2) is 36.5 Å². The topological polar surface area (TPSA) is 188 Å². The van der Waals surface area contributed by atoms with Gasteiger partial charge in [0.15, 0.2) is 5.75 Å². The van der Waals surface area contributed by atoms with E-state index in [-0.39, 0.29) is 56.9 Å². The molecule has 0 radical (unpaired) electrons. The summed E-state index contributed by atoms with van der Waals surface area (Å²) in [6.45, 7) is 6.05. The minimum atomic E-state index is -4.48. The summed E-state index contributed by atoms with van der Waals surface area (Å²) >= 11 is 0. The van der Waals surface area contributed by atoms with Crippen LogP contribution < -0.4 is 24.4 Å². The van der Waals surface area contributed by atoms with Gasteiger partial charge in [-0.3, -0.25) is 24.0 Å². The molecule has 19 heteroatoms. The maximum absolute atomic E-state index is 15.5. The number of hydrogen-bond donors (Lipinski definition) is 3. The first-order valence-electron chi connectivity index (χ1n) is 21.4. The number of pyridine rings is 1. The number of aromatic nitrogens is 1. The van der Waals surface area contributed by atoms with Crippen molar-refractivity contribution in [3.05, 3.63) is 36.5 Å². The van der Waals surface area contributed by atoms with Crippen molar-refractivity contribution in [1.82, 2.24) is 24.8 Å². The first kappa shape index (κ1) is 45.2. The number of anilines is 1. The fraction of sp³-hybridized carbons (Fsp3) is 0.651. The molecule has 1 saturated heterocycles. The molecule has 62 heavy (non-hydrogen) atoms. The van der Waals surface area contributed by atoms with E-state index in [4.69, 9.17) is 9.47 Å². The van der Waals surface area contributed by atoms with Crippen LogP contribution in [-0.4, -0.2) is 125 Å². The van der Waals surface area contributed by atoms with Crippen molar-refractivity contribution in [3.63, 3.8) is 0 Å². The molecular weight excluding hydrogens is 834 g/mol. The first-order valence-corrected chi connectivity index (χ1v) is 22.8. The molecule has 3 fully saturated rings. The van der Waals surface area contributed by atoms with Crippen LogP contribution >= 0.6 is 0 Å². The third-order valence-corrected chi connectivity index (χ3v) is 16.1. The molecule has 7 rings (SSSR count). The highest BCUT2D eigenvalue weighted by molar-refractivity contribution is 7.91. The van der Waals surface area contributed by atoms with Crippen molar-refractivity contribution in [1.29, 1.82) is 0 Å². The number of nitrogens with zero attached hydrogens (tertiary/aromatic N) is 4. The Kier molecular flexibility index (Phi) is 12.0. The number of amides is 4. The molecule has 1 aromatic carbocycles. The molecule has 2 aromatic rings. The van der Waals surface area contributed by atoms with E-state index in [1.807, 2.05) is 36.9 Å². The van der Waals surface area contributed by atoms with Gasteiger partial charge in [0, 0.05) is 43.3 Å². The number of halogens is 3. The number of ether oxygens (including phenoxy) is 2. The third kappa shape index (κ3) is 8.02. The second kappa shape index (κ2) is 16.4. The number of benzene rings is 1. The molecule has 0 bridgehead atoms. The van der Waals surface area contributed by atoms with E-state index < -0.39 is 92.3 Å². The van der Waals surface area contributed by atoms with Crippen molar-refractivity contribution in [2.75, 3.05) is 38.3 Å². The van der Waals surface area contributed by atoms with Gasteiger partial charge in [-0.05, 0) is 82.4 Å². The lowest BCUT2D eigenvalue weighted by atomic mass is 9.81. The zero-order valence-electron chi connectivity index (χ0n) is 36.0. The van der Waals surface area contributed by atoms with Crippen LogP contribution in [0.5, 0.6) is 11.6 Å². The number of carboxylic acid groups (broad SMARTS) is 1. The van der Waals surface area contributed by atoms with E-state index in [9.17, 15) is 32.3 Å². The van der Waals surface area contributed by atoms with Crippen LogP contribution in [0.3, 0.4) is 0 Å². The fourth-order valence-corrected chi connectivity index (χ4v) is 10.7. The summed E-state index contributed by atoms with van der Waals surface area (Å²) in [5, 5.41) is 14.8. The lowest BCUT2D eigenvalue weighted by molar-refractivity contribution is -0.157. The number of allylic oxidation sites excluding steroid dienone is 1. The molecule has 3 aliphatic heterocycles. The van der Waals surface area contributed by atoms with Gasteiger partial charge in [-0.2, -0.15) is 0 Å². The minimum Gasteiger partial charge on any atom is -0.489 e. The zero-order chi connectivity index (χ0) is 45.2. The summed E-state index contributed by atoms with van der Waals surface area (Å²) in [5.74, 6) is -7.20. The number of carbonyl (C=O) groups is 4. The highest BCUT2D eigenvalue weighted by Crippen LogP contribution is 2.49. The standard InChI is InChI=1S/C43H57F3N6O9S/c1-7-26-20-25(2)10-8-9-11-27-22-43(27,38(55)49-62(58,59)42(24-44)15-16-42)48-35(53)32-21-28(23-51(32)37(54)33(26)52(39(56)57)40(3,4)41(5,45)46)61-36-30-12-13-31-34(29(30)14-17-47-36)60-19-18-50(31)6/h9,11-14,17,25-28,32-33H,7-8,10,15-16,18-24H2,1-6H3,(H,48,53)(H,49,55)(H,56,57)/t25-,26-,27-,28-,32+,33+,43-/m1/s1. The van der Waals surface area contributed by atoms with Gasteiger partial charge in [-0.25, -0.2) is 31.4 Å². The monoisotopic (exact) mass is 890 g/mol. The van der Waals surface area contributed by atoms with Gasteiger partial charge in [0.1, 0.15) is 47.3 Å². The molecule has 4 heterocycles. The smallest absolute Gasteiger partial charge is 0.408 e. The molecule has 1 aromatic heterocycles. The number of rotatable bonds is 10. The SMILES string of the molecule is CC[C@@H]1C[C@H](C)CCC=C[C@@H]2C[C@@]2(C(=O)NS(=O)(=O)C2(CF)CC2)NC(=O)[C@@H]2C[C@@H](Oc3nccc4c5c(ccc34)N(C)CCO5)CN2C(=O)[C@H]1N(C(=O)O)C(C)(C)C(C)(F)F. The van der Waals surface area contributed by atoms with Crippen LogP contribution in [-0.2, 0) is 24.4 Å². The van der Waals surface area contributed by atoms with Crippen LogP contribution in [0, 0.1) is 17.8 Å². The van der Waals surface area contributed by atoms with E-state index in [1.165, 1.54) is 6.20 Å². The highest BCUT2D eigenvalue weighted by atomic mass is 32.2. The molecule has 0 unspecified atom stereocenters. The summed E-state index contributed by atoms with van der Waals surface area (Å²) in [6.07, 6.45) is 3.79. The molecule has 3 N–H and O–H groups in total. The van der Waals surface area contributed by atoms with Crippen LogP contribution in [0.25, 0.3) is 10.8 Å². The molecule has 0 spiro atoms. The number of alkyl halides is 3. The quantitative estimate of drug-likeness (QED) is 0.259. The molecule has 2 aliphatic carbocycles. The van der Waals surface area contributed by atoms with Crippen molar-refractivity contribution < 1.29 is 55.3 Å². The largest absolute Gasteiger partial charge is 0.489 e. The van der Waals surface area contributed by atoms with E-state index in [0.29, 0.717) is 54.3 Å². The maximum Gasteiger partial charge on any atom is 0.408 e. The molecule has 5 aliphatic rings. The number of nitrogens with one attached hydrogen (secondary N) is 2. The van der Waals surface area contributed by atoms with Crippen molar-refractivity contribution in [3.8, 4) is 11.6 Å². The van der Waals surface area contributed by atoms with E-state index in [1.54, 1.807) is 19.1 Å². The van der Waals surface area contributed by atoms with E-state index in [0.717, 1.165) is 24.4 Å². The van der Waals surface area contributed by atoms with Crippen molar-refractivity contribution in [2.24, 2.45) is 17.8 Å². The number of carbonyl (C=O) groups excluding carboxylic acids is 3. The van der Waals surface area contributed by atoms with Gasteiger partial charge in [0.2, 0.25) is 27.7 Å². The van der Waals surface area contributed by atoms with Gasteiger partial charge in [0.25, 0.3) is 11.8 Å². The fourth-order valence-electron chi connectivity index (χ4n) is 9.30. The average Bonchev–Trinajstić information content (AvgIpc) is 4.11. The highest BCUT2D eigenvalue weighted by Gasteiger charge is 2.64. The summed E-state index contributed by atoms with van der Waals surface area (Å²) in [4.78, 5) is 65.6. The normalized spacial score (nSPS) is 28.9. The summed E-state index contributed by atoms with van der Waals surface area (Å²) in [7, 11) is -2.54. The molecule has 2 saturated carbocycles. The molecule has 7 atom stereocenters. The predicted molar refractivity (Wildman–Crippen MR) is 223 cm³/mol. The van der Waals surface area contributed by atoms with Gasteiger partial charge in [0.05, 0.1) is 18.8 Å². The van der Waals surface area contributed by atoms with Gasteiger partial charge in [-0.1, -0.05) is 32.4 Å². The Morgan fingerprint density at radius 3 is 2.52 bits per heavy atom. The Balaban J connectivity index is 1.30. The summed E-state index contributed by atoms with van der Waals surface area (Å²) < 4.78 is 84.4. The van der Waals surface area contributed by atoms with Crippen LogP contribution in [0.2, 0.25) is 0 Å². The van der Waals surface area contributed by atoms with Crippen molar-refractivity contribution >= 4 is 50.3 Å². The van der Waals surface area contributed by atoms with Gasteiger partial charge in [-0.15, -0.1) is 0 Å². The maximum atomic E-state index is 15.5. The van der Waals surface area contributed by atoms with Crippen LogP contribution in [0.4, 0.5) is 23.7 Å². The molecular formula is C43H57F3N6O9S. The third-order valence-electron chi connectivity index (χ3n) is 13.9. The van der Waals surface area contributed by atoms with Crippen molar-refractivity contribution in [2.45, 2.75) is 126 Å². The summed E-state index contributed by atoms with van der Waals surface area (Å²) in [5.41, 5.74) is -3.33. The van der Waals surface area contributed by atoms with Gasteiger partial charge >= 0.3 is 6.09 Å². The Morgan fingerprint density at radius 1 is 1.15 bits per heavy atom. The Labute approximate surface area is 359 Å². The minimum absolute atomic E-state index is 0.00394. The average molecular weight is 891 g/mol. The van der Waals surface area contributed by atoms with E-state index in [2.05, 4.69) is 15.2 Å². The number of likely N-dealkylation sites (N-methyl/N-ethyl adjacent to an activating group) is 1. The second-order valence-corrected chi connectivity index (χ2v) is 20.5. The summed E-state index contributed by atoms with van der Waals surface area (Å²) in [6, 6.07) is 2.34. The molecule has 340 valence electrons. The number of sulfonamides is 1. The lowest BCUT2D eigenvalue weighted by Gasteiger charge is -2.47. The zero-order valence-corrected chi connectivity index (χ0v) is 36.8. The van der Waals surface area contributed by atoms with Gasteiger partial charge < -0.3 is 29.7 Å². The molecule has 4 amide bonds. The Bertz CT molecular complexity index is 2250. The van der Waals surface area contributed by atoms with E-state index >= 15 is 13.6 Å². The molecule has 15 nitrogen and oxygen atoms in total. The second-order valence-electron chi connectivity index (χ2n) is 18.5.